The molecule has 0 radical (unpaired) electrons. The maximum atomic E-state index is 10.5. The van der Waals surface area contributed by atoms with Crippen molar-refractivity contribution < 1.29 is 4.42 Å². The van der Waals surface area contributed by atoms with Crippen molar-refractivity contribution in [2.24, 2.45) is 0 Å². The van der Waals surface area contributed by atoms with E-state index in [2.05, 4.69) is 27.0 Å². The van der Waals surface area contributed by atoms with Crippen molar-refractivity contribution >= 4 is 50.1 Å². The number of nitrogens with one attached hydrogen (secondary N) is 1. The fourth-order valence-corrected chi connectivity index (χ4v) is 5.01. The summed E-state index contributed by atoms with van der Waals surface area (Å²) in [6.45, 7) is 5.93. The first-order valence-electron chi connectivity index (χ1n) is 9.16. The molecule has 1 saturated heterocycles. The molecule has 2 heterocycles. The predicted molar refractivity (Wildman–Crippen MR) is 120 cm³/mol. The summed E-state index contributed by atoms with van der Waals surface area (Å²) in [5, 5.41) is 19.5. The van der Waals surface area contributed by atoms with Crippen molar-refractivity contribution in [3.63, 3.8) is 0 Å². The molecule has 0 saturated carbocycles. The number of rotatable bonds is 2. The summed E-state index contributed by atoms with van der Waals surface area (Å²) in [6, 6.07) is 17.4. The van der Waals surface area contributed by atoms with Gasteiger partial charge in [-0.25, -0.2) is 4.98 Å². The summed E-state index contributed by atoms with van der Waals surface area (Å²) in [6.07, 6.45) is 0. The molecule has 7 heteroatoms. The number of halogens is 1. The molecular weight excluding hydrogens is 448 g/mol. The summed E-state index contributed by atoms with van der Waals surface area (Å²) in [7, 11) is 0. The minimum Gasteiger partial charge on any atom is -0.438 e. The highest BCUT2D eigenvalue weighted by atomic mass is 79.9. The number of fused-ring (bicyclic) bond motifs is 1. The standard InChI is InChI=1S/C22H19BrN4OS/c1-21(2,3)27-18(29)17(13-7-6-8-14(23)11-13)22(12-24,19(27)25)20-26-15-9-4-5-10-16(15)28-20/h4-11,17,25H,1-3H3/t17-,22+/m0/s1. The van der Waals surface area contributed by atoms with Gasteiger partial charge >= 0.3 is 0 Å². The first-order chi connectivity index (χ1) is 13.7. The first kappa shape index (κ1) is 19.7. The Bertz CT molecular complexity index is 1160. The number of nitrogens with zero attached hydrogens (tertiary/aromatic N) is 3. The van der Waals surface area contributed by atoms with Crippen molar-refractivity contribution in [3.05, 3.63) is 64.5 Å². The van der Waals surface area contributed by atoms with E-state index in [1.165, 1.54) is 0 Å². The van der Waals surface area contributed by atoms with Crippen molar-refractivity contribution in [1.82, 2.24) is 9.88 Å². The summed E-state index contributed by atoms with van der Waals surface area (Å²) in [5.41, 5.74) is 0.147. The van der Waals surface area contributed by atoms with E-state index in [1.54, 1.807) is 4.90 Å². The lowest BCUT2D eigenvalue weighted by Gasteiger charge is -2.34. The first-order valence-corrected chi connectivity index (χ1v) is 10.4. The summed E-state index contributed by atoms with van der Waals surface area (Å²) < 4.78 is 6.91. The lowest BCUT2D eigenvalue weighted by molar-refractivity contribution is 0.343. The average molecular weight is 467 g/mol. The van der Waals surface area contributed by atoms with Crippen LogP contribution in [0.1, 0.15) is 38.1 Å². The Balaban J connectivity index is 2.03. The van der Waals surface area contributed by atoms with Crippen molar-refractivity contribution in [3.8, 4) is 6.07 Å². The number of likely N-dealkylation sites (tertiary alicyclic amines) is 1. The average Bonchev–Trinajstić information content (AvgIpc) is 3.18. The number of oxazole rings is 1. The zero-order chi connectivity index (χ0) is 21.0. The molecule has 0 aliphatic carbocycles. The van der Waals surface area contributed by atoms with Gasteiger partial charge in [-0.05, 0) is 50.6 Å². The van der Waals surface area contributed by atoms with Gasteiger partial charge < -0.3 is 9.32 Å². The minimum atomic E-state index is -1.45. The number of hydrogen-bond donors (Lipinski definition) is 1. The highest BCUT2D eigenvalue weighted by Gasteiger charge is 2.62. The Morgan fingerprint density at radius 2 is 1.97 bits per heavy atom. The largest absolute Gasteiger partial charge is 0.438 e. The molecule has 5 nitrogen and oxygen atoms in total. The molecule has 2 aromatic carbocycles. The monoisotopic (exact) mass is 466 g/mol. The topological polar surface area (TPSA) is 76.9 Å². The van der Waals surface area contributed by atoms with Crippen LogP contribution in [0.2, 0.25) is 0 Å². The molecule has 146 valence electrons. The van der Waals surface area contributed by atoms with Crippen LogP contribution in [0.4, 0.5) is 0 Å². The Morgan fingerprint density at radius 3 is 2.59 bits per heavy atom. The van der Waals surface area contributed by atoms with Crippen LogP contribution in [-0.2, 0) is 5.41 Å². The fraction of sp³-hybridized carbons (Fsp3) is 0.273. The lowest BCUT2D eigenvalue weighted by atomic mass is 9.74. The second kappa shape index (κ2) is 6.75. The van der Waals surface area contributed by atoms with E-state index in [9.17, 15) is 5.26 Å². The Hall–Kier alpha value is -2.56. The van der Waals surface area contributed by atoms with Gasteiger partial charge in [-0.2, -0.15) is 5.26 Å². The van der Waals surface area contributed by atoms with Gasteiger partial charge in [0.1, 0.15) is 11.4 Å². The van der Waals surface area contributed by atoms with Crippen LogP contribution in [0.25, 0.3) is 11.1 Å². The normalized spacial score (nSPS) is 22.3. The van der Waals surface area contributed by atoms with Gasteiger partial charge in [-0.1, -0.05) is 52.4 Å². The quantitative estimate of drug-likeness (QED) is 0.500. The van der Waals surface area contributed by atoms with Gasteiger partial charge in [0.15, 0.2) is 5.58 Å². The van der Waals surface area contributed by atoms with E-state index >= 15 is 0 Å². The van der Waals surface area contributed by atoms with Gasteiger partial charge in [0.2, 0.25) is 11.3 Å². The molecule has 4 rings (SSSR count). The highest BCUT2D eigenvalue weighted by molar-refractivity contribution is 9.10. The molecule has 1 N–H and O–H groups in total. The van der Waals surface area contributed by atoms with Crippen LogP contribution in [0, 0.1) is 16.7 Å². The molecule has 0 bridgehead atoms. The van der Waals surface area contributed by atoms with Crippen molar-refractivity contribution in [1.29, 1.82) is 10.7 Å². The Morgan fingerprint density at radius 1 is 1.24 bits per heavy atom. The molecular formula is C22H19BrN4OS. The van der Waals surface area contributed by atoms with Crippen LogP contribution >= 0.6 is 28.1 Å². The minimum absolute atomic E-state index is 0.0917. The molecule has 3 aromatic rings. The van der Waals surface area contributed by atoms with E-state index in [-0.39, 0.29) is 11.7 Å². The predicted octanol–water partition coefficient (Wildman–Crippen LogP) is 5.55. The van der Waals surface area contributed by atoms with Crippen LogP contribution < -0.4 is 0 Å². The zero-order valence-electron chi connectivity index (χ0n) is 16.2. The third-order valence-corrected chi connectivity index (χ3v) is 6.07. The molecule has 0 unspecified atom stereocenters. The number of thiocarbonyl (C=S) groups is 1. The number of para-hydroxylation sites is 2. The van der Waals surface area contributed by atoms with E-state index in [0.29, 0.717) is 16.1 Å². The van der Waals surface area contributed by atoms with Crippen LogP contribution in [0.5, 0.6) is 0 Å². The summed E-state index contributed by atoms with van der Waals surface area (Å²) >= 11 is 9.37. The van der Waals surface area contributed by atoms with Gasteiger partial charge in [0, 0.05) is 10.0 Å². The van der Waals surface area contributed by atoms with E-state index < -0.39 is 16.9 Å². The second-order valence-corrected chi connectivity index (χ2v) is 9.42. The van der Waals surface area contributed by atoms with E-state index in [1.807, 2.05) is 69.3 Å². The number of amidine groups is 1. The molecule has 0 amide bonds. The number of nitriles is 1. The highest BCUT2D eigenvalue weighted by Crippen LogP contribution is 2.50. The number of benzene rings is 2. The van der Waals surface area contributed by atoms with Gasteiger partial charge in [0.05, 0.1) is 17.0 Å². The Labute approximate surface area is 183 Å². The van der Waals surface area contributed by atoms with E-state index in [0.717, 1.165) is 10.0 Å². The van der Waals surface area contributed by atoms with Crippen LogP contribution in [-0.4, -0.2) is 26.2 Å². The van der Waals surface area contributed by atoms with Gasteiger partial charge in [-0.15, -0.1) is 0 Å². The SMILES string of the molecule is CC(C)(C)N1C(=N)[C@](C#N)(c2nc3ccccc3o2)[C@@H](c2cccc(Br)c2)C1=S. The molecule has 29 heavy (non-hydrogen) atoms. The number of hydrogen-bond acceptors (Lipinski definition) is 5. The van der Waals surface area contributed by atoms with Gasteiger partial charge in [-0.3, -0.25) is 5.41 Å². The maximum Gasteiger partial charge on any atom is 0.224 e. The Kier molecular flexibility index (Phi) is 4.60. The molecule has 2 atom stereocenters. The van der Waals surface area contributed by atoms with E-state index in [4.69, 9.17) is 22.0 Å². The fourth-order valence-electron chi connectivity index (χ4n) is 3.91. The smallest absolute Gasteiger partial charge is 0.224 e. The molecule has 1 aromatic heterocycles. The van der Waals surface area contributed by atoms with Crippen LogP contribution in [0.15, 0.2) is 57.4 Å². The zero-order valence-corrected chi connectivity index (χ0v) is 18.6. The summed E-state index contributed by atoms with van der Waals surface area (Å²) in [4.78, 5) is 6.88. The van der Waals surface area contributed by atoms with Crippen molar-refractivity contribution in [2.75, 3.05) is 0 Å². The maximum absolute atomic E-state index is 10.5. The summed E-state index contributed by atoms with van der Waals surface area (Å²) in [5.74, 6) is -0.279. The number of aromatic nitrogens is 1. The third kappa shape index (κ3) is 2.90. The third-order valence-electron chi connectivity index (χ3n) is 5.16. The molecule has 1 aliphatic heterocycles. The second-order valence-electron chi connectivity index (χ2n) is 8.09. The lowest BCUT2D eigenvalue weighted by Crippen LogP contribution is -2.47. The van der Waals surface area contributed by atoms with Crippen LogP contribution in [0.3, 0.4) is 0 Å². The van der Waals surface area contributed by atoms with Crippen molar-refractivity contribution in [2.45, 2.75) is 37.6 Å². The molecule has 1 aliphatic rings. The molecule has 1 fully saturated rings. The molecule has 0 spiro atoms. The van der Waals surface area contributed by atoms with Gasteiger partial charge in [0.25, 0.3) is 0 Å².